The molecule has 0 unspecified atom stereocenters. The number of rotatable bonds is 7. The molecular weight excluding hydrogens is 491 g/mol. The van der Waals surface area contributed by atoms with E-state index < -0.39 is 27.8 Å². The smallest absolute Gasteiger partial charge is 0.338 e. The lowest BCUT2D eigenvalue weighted by Gasteiger charge is -2.40. The van der Waals surface area contributed by atoms with Crippen molar-refractivity contribution in [3.63, 3.8) is 0 Å². The van der Waals surface area contributed by atoms with Gasteiger partial charge in [-0.2, -0.15) is 17.5 Å². The number of fused-ring (bicyclic) bond motifs is 1. The minimum absolute atomic E-state index is 0.0000802. The SMILES string of the molecule is CC(C)(C)C[C@H](N)C(=O)N(CC1CCC1)[C@H]1CC[C@@H]2CN(S(=O)(=O)c3ccc(C(F)(F)F)cc3)C[C@@H]21. The third kappa shape index (κ3) is 5.75. The Balaban J connectivity index is 1.51. The van der Waals surface area contributed by atoms with Crippen LogP contribution in [-0.4, -0.2) is 55.2 Å². The molecule has 0 bridgehead atoms. The molecule has 0 spiro atoms. The fraction of sp³-hybridized carbons (Fsp3) is 0.731. The Kier molecular flexibility index (Phi) is 7.54. The maximum atomic E-state index is 13.6. The first-order valence-corrected chi connectivity index (χ1v) is 14.3. The lowest BCUT2D eigenvalue weighted by atomic mass is 9.83. The second-order valence-electron chi connectivity index (χ2n) is 12.1. The van der Waals surface area contributed by atoms with E-state index in [0.29, 0.717) is 25.4 Å². The average Bonchev–Trinajstić information content (AvgIpc) is 3.33. The van der Waals surface area contributed by atoms with Crippen molar-refractivity contribution in [1.29, 1.82) is 0 Å². The van der Waals surface area contributed by atoms with Crippen molar-refractivity contribution < 1.29 is 26.4 Å². The molecule has 1 saturated heterocycles. The van der Waals surface area contributed by atoms with Crippen molar-refractivity contribution in [3.05, 3.63) is 29.8 Å². The topological polar surface area (TPSA) is 83.7 Å². The summed E-state index contributed by atoms with van der Waals surface area (Å²) in [7, 11) is -3.93. The van der Waals surface area contributed by atoms with Crippen LogP contribution in [0.1, 0.15) is 64.9 Å². The van der Waals surface area contributed by atoms with Crippen LogP contribution in [0.2, 0.25) is 0 Å². The molecule has 202 valence electrons. The minimum Gasteiger partial charge on any atom is -0.338 e. The zero-order valence-corrected chi connectivity index (χ0v) is 22.1. The first-order valence-electron chi connectivity index (χ1n) is 12.9. The number of hydrogen-bond acceptors (Lipinski definition) is 4. The van der Waals surface area contributed by atoms with Gasteiger partial charge in [-0.25, -0.2) is 8.42 Å². The quantitative estimate of drug-likeness (QED) is 0.564. The van der Waals surface area contributed by atoms with Gasteiger partial charge in [-0.05, 0) is 79.5 Å². The van der Waals surface area contributed by atoms with Crippen LogP contribution in [0, 0.1) is 23.2 Å². The molecule has 3 aliphatic rings. The molecule has 2 saturated carbocycles. The van der Waals surface area contributed by atoms with E-state index in [0.717, 1.165) is 56.4 Å². The van der Waals surface area contributed by atoms with Crippen molar-refractivity contribution in [3.8, 4) is 0 Å². The van der Waals surface area contributed by atoms with Crippen LogP contribution in [0.3, 0.4) is 0 Å². The summed E-state index contributed by atoms with van der Waals surface area (Å²) in [6, 6.07) is 3.01. The predicted molar refractivity (Wildman–Crippen MR) is 131 cm³/mol. The van der Waals surface area contributed by atoms with E-state index in [1.54, 1.807) is 0 Å². The summed E-state index contributed by atoms with van der Waals surface area (Å²) in [6.07, 6.45) is 1.03. The van der Waals surface area contributed by atoms with E-state index in [9.17, 15) is 26.4 Å². The summed E-state index contributed by atoms with van der Waals surface area (Å²) in [6.45, 7) is 7.43. The maximum absolute atomic E-state index is 13.6. The first kappa shape index (κ1) is 27.4. The minimum atomic E-state index is -4.52. The Labute approximate surface area is 212 Å². The number of nitrogens with two attached hydrogens (primary N) is 1. The molecule has 0 radical (unpaired) electrons. The van der Waals surface area contributed by atoms with E-state index in [1.165, 1.54) is 4.31 Å². The summed E-state index contributed by atoms with van der Waals surface area (Å²) in [5, 5.41) is 0. The molecule has 0 aromatic heterocycles. The molecule has 1 aromatic carbocycles. The number of carbonyl (C=O) groups excluding carboxylic acids is 1. The van der Waals surface area contributed by atoms with Crippen LogP contribution in [0.15, 0.2) is 29.2 Å². The van der Waals surface area contributed by atoms with Crippen LogP contribution in [0.5, 0.6) is 0 Å². The zero-order valence-electron chi connectivity index (χ0n) is 21.3. The van der Waals surface area contributed by atoms with Gasteiger partial charge in [0.15, 0.2) is 0 Å². The Morgan fingerprint density at radius 2 is 1.72 bits per heavy atom. The third-order valence-corrected chi connectivity index (χ3v) is 9.96. The van der Waals surface area contributed by atoms with Gasteiger partial charge in [0.25, 0.3) is 0 Å². The fourth-order valence-corrected chi connectivity index (χ4v) is 7.58. The molecule has 4 atom stereocenters. The number of alkyl halides is 3. The van der Waals surface area contributed by atoms with Gasteiger partial charge >= 0.3 is 6.18 Å². The number of nitrogens with zero attached hydrogens (tertiary/aromatic N) is 2. The molecule has 1 heterocycles. The van der Waals surface area contributed by atoms with Crippen molar-refractivity contribution in [2.75, 3.05) is 19.6 Å². The molecule has 3 fully saturated rings. The Bertz CT molecular complexity index is 1050. The molecule has 4 rings (SSSR count). The van der Waals surface area contributed by atoms with Gasteiger partial charge in [-0.15, -0.1) is 0 Å². The van der Waals surface area contributed by atoms with E-state index in [2.05, 4.69) is 20.8 Å². The highest BCUT2D eigenvalue weighted by Crippen LogP contribution is 2.44. The van der Waals surface area contributed by atoms with Crippen LogP contribution in [0.4, 0.5) is 13.2 Å². The molecule has 1 aliphatic heterocycles. The summed E-state index contributed by atoms with van der Waals surface area (Å²) in [5.74, 6) is 0.532. The first-order chi connectivity index (χ1) is 16.7. The maximum Gasteiger partial charge on any atom is 0.416 e. The van der Waals surface area contributed by atoms with E-state index in [1.807, 2.05) is 4.90 Å². The van der Waals surface area contributed by atoms with Crippen molar-refractivity contribution in [2.45, 2.75) is 82.5 Å². The van der Waals surface area contributed by atoms with Crippen molar-refractivity contribution >= 4 is 15.9 Å². The van der Waals surface area contributed by atoms with Gasteiger partial charge < -0.3 is 10.6 Å². The van der Waals surface area contributed by atoms with Crippen LogP contribution >= 0.6 is 0 Å². The summed E-state index contributed by atoms with van der Waals surface area (Å²) in [4.78, 5) is 15.4. The number of benzene rings is 1. The van der Waals surface area contributed by atoms with Crippen LogP contribution < -0.4 is 5.73 Å². The summed E-state index contributed by atoms with van der Waals surface area (Å²) in [5.41, 5.74) is 5.42. The highest BCUT2D eigenvalue weighted by Gasteiger charge is 2.50. The van der Waals surface area contributed by atoms with E-state index in [4.69, 9.17) is 5.73 Å². The predicted octanol–water partition coefficient (Wildman–Crippen LogP) is 4.50. The lowest BCUT2D eigenvalue weighted by molar-refractivity contribution is -0.138. The van der Waals surface area contributed by atoms with Crippen molar-refractivity contribution in [1.82, 2.24) is 9.21 Å². The van der Waals surface area contributed by atoms with Crippen LogP contribution in [0.25, 0.3) is 0 Å². The Morgan fingerprint density at radius 3 is 2.25 bits per heavy atom. The third-order valence-electron chi connectivity index (χ3n) is 8.12. The second-order valence-corrected chi connectivity index (χ2v) is 14.0. The molecule has 2 aliphatic carbocycles. The standard InChI is InChI=1S/C26H38F3N3O3S/c1-25(2,3)13-22(30)24(33)32(14-17-5-4-6-17)23-12-7-18-15-31(16-21(18)23)36(34,35)20-10-8-19(9-11-20)26(27,28)29/h8-11,17-18,21-23H,4-7,12-16,30H2,1-3H3/t18-,21+,22+,23+/m1/s1. The number of halogens is 3. The zero-order chi connectivity index (χ0) is 26.5. The van der Waals surface area contributed by atoms with Gasteiger partial charge in [0, 0.05) is 25.7 Å². The normalized spacial score (nSPS) is 26.5. The molecule has 6 nitrogen and oxygen atoms in total. The molecule has 1 aromatic rings. The largest absolute Gasteiger partial charge is 0.416 e. The van der Waals surface area contributed by atoms with Crippen LogP contribution in [-0.2, 0) is 21.0 Å². The Hall–Kier alpha value is -1.65. The van der Waals surface area contributed by atoms with Gasteiger partial charge in [-0.3, -0.25) is 4.79 Å². The van der Waals surface area contributed by atoms with Gasteiger partial charge in [0.1, 0.15) is 0 Å². The molecule has 36 heavy (non-hydrogen) atoms. The lowest BCUT2D eigenvalue weighted by Crippen LogP contribution is -2.53. The number of amides is 1. The fourth-order valence-electron chi connectivity index (χ4n) is 6.05. The monoisotopic (exact) mass is 529 g/mol. The second kappa shape index (κ2) is 9.91. The molecule has 10 heteroatoms. The molecule has 1 amide bonds. The number of carbonyl (C=O) groups is 1. The van der Waals surface area contributed by atoms with Gasteiger partial charge in [0.2, 0.25) is 15.9 Å². The number of hydrogen-bond donors (Lipinski definition) is 1. The molecule has 2 N–H and O–H groups in total. The average molecular weight is 530 g/mol. The summed E-state index contributed by atoms with van der Waals surface area (Å²) < 4.78 is 66.7. The van der Waals surface area contributed by atoms with Crippen molar-refractivity contribution in [2.24, 2.45) is 28.9 Å². The highest BCUT2D eigenvalue weighted by atomic mass is 32.2. The van der Waals surface area contributed by atoms with E-state index in [-0.39, 0.29) is 40.6 Å². The summed E-state index contributed by atoms with van der Waals surface area (Å²) >= 11 is 0. The van der Waals surface area contributed by atoms with E-state index >= 15 is 0 Å². The highest BCUT2D eigenvalue weighted by molar-refractivity contribution is 7.89. The Morgan fingerprint density at radius 1 is 1.08 bits per heavy atom. The number of sulfonamides is 1. The van der Waals surface area contributed by atoms with Gasteiger partial charge in [0.05, 0.1) is 16.5 Å². The molecular formula is C26H38F3N3O3S. The van der Waals surface area contributed by atoms with Gasteiger partial charge in [-0.1, -0.05) is 27.2 Å².